The fraction of sp³-hybridized carbons (Fsp3) is 0.500. The Morgan fingerprint density at radius 2 is 2.16 bits per heavy atom. The summed E-state index contributed by atoms with van der Waals surface area (Å²) in [4.78, 5) is 12.0. The summed E-state index contributed by atoms with van der Waals surface area (Å²) >= 11 is 6.75. The molecule has 104 valence electrons. The molecule has 0 unspecified atom stereocenters. The summed E-state index contributed by atoms with van der Waals surface area (Å²) in [5.74, 6) is 0.739. The Morgan fingerprint density at radius 1 is 1.37 bits per heavy atom. The molecule has 1 saturated carbocycles. The summed E-state index contributed by atoms with van der Waals surface area (Å²) in [5.41, 5.74) is 0.647. The lowest BCUT2D eigenvalue weighted by molar-refractivity contribution is 0.0936. The van der Waals surface area contributed by atoms with E-state index in [-0.39, 0.29) is 5.91 Å². The average molecular weight is 391 g/mol. The average Bonchev–Trinajstić information content (AvgIpc) is 3.20. The van der Waals surface area contributed by atoms with Crippen molar-refractivity contribution in [2.45, 2.75) is 19.3 Å². The van der Waals surface area contributed by atoms with Crippen molar-refractivity contribution < 1.29 is 9.53 Å². The summed E-state index contributed by atoms with van der Waals surface area (Å²) in [6.45, 7) is 2.24. The van der Waals surface area contributed by atoms with E-state index in [2.05, 4.69) is 37.2 Å². The van der Waals surface area contributed by atoms with Gasteiger partial charge in [0.05, 0.1) is 5.56 Å². The highest BCUT2D eigenvalue weighted by Gasteiger charge is 2.20. The second-order valence-electron chi connectivity index (χ2n) is 4.75. The Morgan fingerprint density at radius 3 is 2.89 bits per heavy atom. The SMILES string of the molecule is O=C(NCCCOCC1CC1)c1cc(Br)ccc1Br. The Labute approximate surface area is 130 Å². The monoisotopic (exact) mass is 389 g/mol. The van der Waals surface area contributed by atoms with Gasteiger partial charge in [0.25, 0.3) is 5.91 Å². The molecule has 1 amide bonds. The lowest BCUT2D eigenvalue weighted by Gasteiger charge is -2.08. The molecule has 1 aliphatic rings. The van der Waals surface area contributed by atoms with Gasteiger partial charge < -0.3 is 10.1 Å². The first-order chi connectivity index (χ1) is 9.16. The molecule has 0 saturated heterocycles. The van der Waals surface area contributed by atoms with E-state index in [4.69, 9.17) is 4.74 Å². The molecule has 0 radical (unpaired) electrons. The van der Waals surface area contributed by atoms with Crippen LogP contribution in [0.4, 0.5) is 0 Å². The van der Waals surface area contributed by atoms with Crippen molar-refractivity contribution in [3.8, 4) is 0 Å². The van der Waals surface area contributed by atoms with Gasteiger partial charge in [-0.1, -0.05) is 15.9 Å². The Kier molecular flexibility index (Phi) is 5.85. The van der Waals surface area contributed by atoms with E-state index < -0.39 is 0 Å². The van der Waals surface area contributed by atoms with E-state index in [1.165, 1.54) is 12.8 Å². The second kappa shape index (κ2) is 7.41. The second-order valence-corrected chi connectivity index (χ2v) is 6.52. The number of ether oxygens (including phenoxy) is 1. The van der Waals surface area contributed by atoms with Crippen LogP contribution in [-0.4, -0.2) is 25.7 Å². The molecule has 1 N–H and O–H groups in total. The number of amides is 1. The summed E-state index contributed by atoms with van der Waals surface area (Å²) in [6.07, 6.45) is 3.48. The van der Waals surface area contributed by atoms with Gasteiger partial charge in [0.1, 0.15) is 0 Å². The number of hydrogen-bond acceptors (Lipinski definition) is 2. The molecule has 0 aliphatic heterocycles. The van der Waals surface area contributed by atoms with Crippen molar-refractivity contribution in [3.05, 3.63) is 32.7 Å². The topological polar surface area (TPSA) is 38.3 Å². The fourth-order valence-corrected chi connectivity index (χ4v) is 2.47. The summed E-state index contributed by atoms with van der Waals surface area (Å²) in [5, 5.41) is 2.90. The van der Waals surface area contributed by atoms with Crippen molar-refractivity contribution in [2.75, 3.05) is 19.8 Å². The molecular weight excluding hydrogens is 374 g/mol. The maximum absolute atomic E-state index is 12.0. The number of rotatable bonds is 7. The molecule has 0 heterocycles. The van der Waals surface area contributed by atoms with E-state index in [0.717, 1.165) is 34.5 Å². The van der Waals surface area contributed by atoms with Crippen molar-refractivity contribution in [1.82, 2.24) is 5.32 Å². The van der Waals surface area contributed by atoms with Crippen LogP contribution in [0.2, 0.25) is 0 Å². The van der Waals surface area contributed by atoms with Crippen LogP contribution >= 0.6 is 31.9 Å². The predicted octanol–water partition coefficient (Wildman–Crippen LogP) is 3.76. The largest absolute Gasteiger partial charge is 0.381 e. The molecule has 0 spiro atoms. The molecule has 1 aromatic carbocycles. The van der Waals surface area contributed by atoms with Gasteiger partial charge in [-0.05, 0) is 59.3 Å². The summed E-state index contributed by atoms with van der Waals surface area (Å²) in [7, 11) is 0. The van der Waals surface area contributed by atoms with Crippen LogP contribution in [0, 0.1) is 5.92 Å². The molecule has 19 heavy (non-hydrogen) atoms. The highest BCUT2D eigenvalue weighted by atomic mass is 79.9. The van der Waals surface area contributed by atoms with Crippen LogP contribution in [0.15, 0.2) is 27.1 Å². The third-order valence-electron chi connectivity index (χ3n) is 2.97. The third kappa shape index (κ3) is 5.24. The molecule has 2 rings (SSSR count). The van der Waals surface area contributed by atoms with E-state index in [0.29, 0.717) is 12.1 Å². The first-order valence-corrected chi connectivity index (χ1v) is 8.06. The van der Waals surface area contributed by atoms with Crippen LogP contribution in [0.5, 0.6) is 0 Å². The fourth-order valence-electron chi connectivity index (χ4n) is 1.68. The third-order valence-corrected chi connectivity index (χ3v) is 4.16. The zero-order valence-corrected chi connectivity index (χ0v) is 13.8. The molecule has 1 aliphatic carbocycles. The van der Waals surface area contributed by atoms with E-state index in [1.54, 1.807) is 0 Å². The van der Waals surface area contributed by atoms with Crippen LogP contribution in [-0.2, 0) is 4.74 Å². The molecular formula is C14H17Br2NO2. The van der Waals surface area contributed by atoms with Crippen molar-refractivity contribution in [2.24, 2.45) is 5.92 Å². The standard InChI is InChI=1S/C14H17Br2NO2/c15-11-4-5-13(16)12(8-11)14(18)17-6-1-7-19-9-10-2-3-10/h4-5,8,10H,1-3,6-7,9H2,(H,17,18). The Hall–Kier alpha value is -0.390. The van der Waals surface area contributed by atoms with Gasteiger partial charge in [0, 0.05) is 28.7 Å². The van der Waals surface area contributed by atoms with Crippen molar-refractivity contribution in [1.29, 1.82) is 0 Å². The van der Waals surface area contributed by atoms with Gasteiger partial charge in [0.15, 0.2) is 0 Å². The molecule has 3 nitrogen and oxygen atoms in total. The minimum Gasteiger partial charge on any atom is -0.381 e. The van der Waals surface area contributed by atoms with E-state index in [9.17, 15) is 4.79 Å². The van der Waals surface area contributed by atoms with Crippen molar-refractivity contribution in [3.63, 3.8) is 0 Å². The highest BCUT2D eigenvalue weighted by Crippen LogP contribution is 2.28. The molecule has 0 atom stereocenters. The summed E-state index contributed by atoms with van der Waals surface area (Å²) in [6, 6.07) is 5.56. The zero-order valence-electron chi connectivity index (χ0n) is 10.6. The van der Waals surface area contributed by atoms with Gasteiger partial charge in [-0.15, -0.1) is 0 Å². The quantitative estimate of drug-likeness (QED) is 0.720. The minimum atomic E-state index is -0.0598. The smallest absolute Gasteiger partial charge is 0.252 e. The van der Waals surface area contributed by atoms with E-state index in [1.807, 2.05) is 18.2 Å². The number of hydrogen-bond donors (Lipinski definition) is 1. The highest BCUT2D eigenvalue weighted by molar-refractivity contribution is 9.11. The molecule has 5 heteroatoms. The predicted molar refractivity (Wildman–Crippen MR) is 82.3 cm³/mol. The van der Waals surface area contributed by atoms with Gasteiger partial charge >= 0.3 is 0 Å². The first-order valence-electron chi connectivity index (χ1n) is 6.48. The summed E-state index contributed by atoms with van der Waals surface area (Å²) < 4.78 is 7.22. The maximum Gasteiger partial charge on any atom is 0.252 e. The number of carbonyl (C=O) groups excluding carboxylic acids is 1. The van der Waals surface area contributed by atoms with Gasteiger partial charge in [-0.25, -0.2) is 0 Å². The number of carbonyl (C=O) groups is 1. The minimum absolute atomic E-state index is 0.0598. The van der Waals surface area contributed by atoms with Crippen LogP contribution in [0.3, 0.4) is 0 Å². The lowest BCUT2D eigenvalue weighted by Crippen LogP contribution is -2.25. The van der Waals surface area contributed by atoms with Crippen LogP contribution in [0.25, 0.3) is 0 Å². The van der Waals surface area contributed by atoms with Crippen LogP contribution < -0.4 is 5.32 Å². The molecule has 0 bridgehead atoms. The molecule has 1 fully saturated rings. The van der Waals surface area contributed by atoms with Crippen LogP contribution in [0.1, 0.15) is 29.6 Å². The van der Waals surface area contributed by atoms with Crippen molar-refractivity contribution >= 4 is 37.8 Å². The zero-order chi connectivity index (χ0) is 13.7. The normalized spacial score (nSPS) is 14.4. The molecule has 1 aromatic rings. The van der Waals surface area contributed by atoms with Gasteiger partial charge in [-0.2, -0.15) is 0 Å². The van der Waals surface area contributed by atoms with Gasteiger partial charge in [0.2, 0.25) is 0 Å². The molecule has 0 aromatic heterocycles. The Balaban J connectivity index is 1.66. The number of halogens is 2. The maximum atomic E-state index is 12.0. The number of nitrogens with one attached hydrogen (secondary N) is 1. The van der Waals surface area contributed by atoms with E-state index >= 15 is 0 Å². The first kappa shape index (κ1) is 15.0. The van der Waals surface area contributed by atoms with Gasteiger partial charge in [-0.3, -0.25) is 4.79 Å². The Bertz CT molecular complexity index is 447. The lowest BCUT2D eigenvalue weighted by atomic mass is 10.2. The number of benzene rings is 1.